The number of nitrogens with one attached hydrogen (secondary N) is 1. The van der Waals surface area contributed by atoms with Crippen molar-refractivity contribution in [1.82, 2.24) is 20.0 Å². The van der Waals surface area contributed by atoms with Crippen molar-refractivity contribution in [2.45, 2.75) is 44.3 Å². The van der Waals surface area contributed by atoms with E-state index in [0.717, 1.165) is 11.3 Å². The number of methoxy groups -OCH3 is 1. The third kappa shape index (κ3) is 4.21. The van der Waals surface area contributed by atoms with Gasteiger partial charge in [0.05, 0.1) is 19.3 Å². The average molecular weight is 457 g/mol. The second kappa shape index (κ2) is 8.44. The maximum absolute atomic E-state index is 14.0. The van der Waals surface area contributed by atoms with Crippen molar-refractivity contribution in [1.29, 1.82) is 0 Å². The Balaban J connectivity index is 1.24. The van der Waals surface area contributed by atoms with E-state index in [4.69, 9.17) is 9.47 Å². The molecule has 0 unspecified atom stereocenters. The van der Waals surface area contributed by atoms with Crippen LogP contribution in [-0.4, -0.2) is 58.8 Å². The van der Waals surface area contributed by atoms with Gasteiger partial charge in [0.1, 0.15) is 0 Å². The zero-order chi connectivity index (χ0) is 23.2. The van der Waals surface area contributed by atoms with Crippen LogP contribution in [0.2, 0.25) is 0 Å². The van der Waals surface area contributed by atoms with Crippen LogP contribution < -0.4 is 10.1 Å². The molecule has 0 radical (unpaired) electrons. The van der Waals surface area contributed by atoms with Gasteiger partial charge in [0.25, 0.3) is 11.8 Å². The number of rotatable bonds is 5. The third-order valence-corrected chi connectivity index (χ3v) is 7.11. The summed E-state index contributed by atoms with van der Waals surface area (Å²) in [7, 11) is 3.26. The van der Waals surface area contributed by atoms with Gasteiger partial charge in [-0.25, -0.2) is 4.39 Å². The number of nitrogens with zero attached hydrogens (tertiary/aromatic N) is 3. The van der Waals surface area contributed by atoms with E-state index in [0.29, 0.717) is 62.7 Å². The summed E-state index contributed by atoms with van der Waals surface area (Å²) in [5.74, 6) is -0.153. The summed E-state index contributed by atoms with van der Waals surface area (Å²) in [4.78, 5) is 27.3. The van der Waals surface area contributed by atoms with Gasteiger partial charge in [-0.15, -0.1) is 0 Å². The molecule has 2 aromatic rings. The Morgan fingerprint density at radius 2 is 2.06 bits per heavy atom. The van der Waals surface area contributed by atoms with Crippen LogP contribution in [0.1, 0.15) is 57.8 Å². The molecule has 1 N–H and O–H groups in total. The second-order valence-corrected chi connectivity index (χ2v) is 9.34. The first-order chi connectivity index (χ1) is 15.9. The number of ether oxygens (including phenoxy) is 2. The normalized spacial score (nSPS) is 19.3. The standard InChI is InChI=1S/C24H29FN4O4/c1-28-19-12-24(33-14-17(19)21(27-28)22(30)26-13-15-3-4-15)7-9-29(10-8-24)23(31)16-5-6-20(32-2)18(25)11-16/h5-6,11,15H,3-4,7-10,12-14H2,1-2H3,(H,26,30). The van der Waals surface area contributed by atoms with Crippen LogP contribution in [0.4, 0.5) is 4.39 Å². The highest BCUT2D eigenvalue weighted by Crippen LogP contribution is 2.37. The van der Waals surface area contributed by atoms with Crippen LogP contribution in [0.25, 0.3) is 0 Å². The Hall–Kier alpha value is -2.94. The molecule has 1 saturated carbocycles. The van der Waals surface area contributed by atoms with E-state index in [2.05, 4.69) is 10.4 Å². The van der Waals surface area contributed by atoms with Gasteiger partial charge in [0.15, 0.2) is 17.3 Å². The largest absolute Gasteiger partial charge is 0.494 e. The monoisotopic (exact) mass is 456 g/mol. The van der Waals surface area contributed by atoms with Crippen molar-refractivity contribution in [2.75, 3.05) is 26.7 Å². The highest BCUT2D eigenvalue weighted by molar-refractivity contribution is 5.95. The molecule has 176 valence electrons. The van der Waals surface area contributed by atoms with E-state index in [1.165, 1.54) is 32.1 Å². The molecule has 2 fully saturated rings. The van der Waals surface area contributed by atoms with Gasteiger partial charge >= 0.3 is 0 Å². The SMILES string of the molecule is COc1ccc(C(=O)N2CCC3(CC2)Cc2c(c(C(=O)NCC4CC4)nn2C)CO3)cc1F. The summed E-state index contributed by atoms with van der Waals surface area (Å²) in [6.45, 7) is 2.09. The molecule has 33 heavy (non-hydrogen) atoms. The molecular formula is C24H29FN4O4. The quantitative estimate of drug-likeness (QED) is 0.747. The zero-order valence-electron chi connectivity index (χ0n) is 19.0. The second-order valence-electron chi connectivity index (χ2n) is 9.34. The lowest BCUT2D eigenvalue weighted by Gasteiger charge is -2.43. The maximum atomic E-state index is 14.0. The number of halogens is 1. The lowest BCUT2D eigenvalue weighted by atomic mass is 9.83. The number of hydrogen-bond acceptors (Lipinski definition) is 5. The van der Waals surface area contributed by atoms with Gasteiger partial charge in [-0.3, -0.25) is 14.3 Å². The summed E-state index contributed by atoms with van der Waals surface area (Å²) in [6.07, 6.45) is 4.36. The first-order valence-electron chi connectivity index (χ1n) is 11.5. The smallest absolute Gasteiger partial charge is 0.272 e. The molecular weight excluding hydrogens is 427 g/mol. The van der Waals surface area contributed by atoms with Gasteiger partial charge in [0, 0.05) is 49.9 Å². The number of piperidine rings is 1. The first-order valence-corrected chi connectivity index (χ1v) is 11.5. The molecule has 0 bridgehead atoms. The Bertz CT molecular complexity index is 1090. The van der Waals surface area contributed by atoms with E-state index < -0.39 is 5.82 Å². The first kappa shape index (κ1) is 21.9. The Morgan fingerprint density at radius 1 is 1.30 bits per heavy atom. The Labute approximate surface area is 192 Å². The molecule has 1 saturated heterocycles. The number of fused-ring (bicyclic) bond motifs is 1. The number of aryl methyl sites for hydroxylation is 1. The molecule has 8 nitrogen and oxygen atoms in total. The van der Waals surface area contributed by atoms with Gasteiger partial charge in [0.2, 0.25) is 0 Å². The van der Waals surface area contributed by atoms with Crippen LogP contribution in [0.5, 0.6) is 5.75 Å². The Kier molecular flexibility index (Phi) is 5.60. The number of benzene rings is 1. The lowest BCUT2D eigenvalue weighted by molar-refractivity contribution is -0.0990. The number of aromatic nitrogens is 2. The molecule has 3 heterocycles. The predicted octanol–water partition coefficient (Wildman–Crippen LogP) is 2.46. The van der Waals surface area contributed by atoms with Gasteiger partial charge in [-0.05, 0) is 49.8 Å². The molecule has 2 amide bonds. The molecule has 0 atom stereocenters. The zero-order valence-corrected chi connectivity index (χ0v) is 19.0. The summed E-state index contributed by atoms with van der Waals surface area (Å²) in [6, 6.07) is 4.28. The van der Waals surface area contributed by atoms with Crippen LogP contribution in [0, 0.1) is 11.7 Å². The van der Waals surface area contributed by atoms with Crippen LogP contribution in [0.3, 0.4) is 0 Å². The van der Waals surface area contributed by atoms with E-state index in [9.17, 15) is 14.0 Å². The van der Waals surface area contributed by atoms with E-state index >= 15 is 0 Å². The van der Waals surface area contributed by atoms with Crippen LogP contribution in [0.15, 0.2) is 18.2 Å². The minimum absolute atomic E-state index is 0.118. The minimum atomic E-state index is -0.548. The number of amides is 2. The minimum Gasteiger partial charge on any atom is -0.494 e. The maximum Gasteiger partial charge on any atom is 0.272 e. The van der Waals surface area contributed by atoms with Crippen molar-refractivity contribution in [2.24, 2.45) is 13.0 Å². The molecule has 1 aromatic carbocycles. The number of likely N-dealkylation sites (tertiary alicyclic amines) is 1. The van der Waals surface area contributed by atoms with Gasteiger partial charge < -0.3 is 19.7 Å². The van der Waals surface area contributed by atoms with Crippen LogP contribution in [-0.2, 0) is 24.8 Å². The molecule has 1 spiro atoms. The van der Waals surface area contributed by atoms with Gasteiger partial charge in [-0.1, -0.05) is 0 Å². The van der Waals surface area contributed by atoms with Crippen molar-refractivity contribution < 1.29 is 23.5 Å². The predicted molar refractivity (Wildman–Crippen MR) is 118 cm³/mol. The van der Waals surface area contributed by atoms with Crippen molar-refractivity contribution in [3.8, 4) is 5.75 Å². The topological polar surface area (TPSA) is 85.7 Å². The molecule has 1 aromatic heterocycles. The summed E-state index contributed by atoms with van der Waals surface area (Å²) < 4.78 is 27.1. The van der Waals surface area contributed by atoms with Crippen molar-refractivity contribution >= 4 is 11.8 Å². The number of carbonyl (C=O) groups excluding carboxylic acids is 2. The van der Waals surface area contributed by atoms with Gasteiger partial charge in [-0.2, -0.15) is 5.10 Å². The van der Waals surface area contributed by atoms with E-state index in [1.54, 1.807) is 15.6 Å². The summed E-state index contributed by atoms with van der Waals surface area (Å²) in [5, 5.41) is 7.48. The molecule has 3 aliphatic rings. The molecule has 1 aliphatic carbocycles. The highest BCUT2D eigenvalue weighted by Gasteiger charge is 2.42. The highest BCUT2D eigenvalue weighted by atomic mass is 19.1. The fourth-order valence-corrected chi connectivity index (χ4v) is 4.80. The lowest BCUT2D eigenvalue weighted by Crippen LogP contribution is -2.50. The summed E-state index contributed by atoms with van der Waals surface area (Å²) >= 11 is 0. The average Bonchev–Trinajstić information content (AvgIpc) is 3.60. The molecule has 5 rings (SSSR count). The van der Waals surface area contributed by atoms with Crippen LogP contribution >= 0.6 is 0 Å². The Morgan fingerprint density at radius 3 is 2.73 bits per heavy atom. The third-order valence-electron chi connectivity index (χ3n) is 7.11. The van der Waals surface area contributed by atoms with Crippen molar-refractivity contribution in [3.05, 3.63) is 46.5 Å². The molecule has 2 aliphatic heterocycles. The summed E-state index contributed by atoms with van der Waals surface area (Å²) in [5.41, 5.74) is 2.27. The van der Waals surface area contributed by atoms with E-state index in [-0.39, 0.29) is 23.2 Å². The van der Waals surface area contributed by atoms with E-state index in [1.807, 2.05) is 7.05 Å². The fraction of sp³-hybridized carbons (Fsp3) is 0.542. The molecule has 9 heteroatoms. The van der Waals surface area contributed by atoms with Crippen molar-refractivity contribution in [3.63, 3.8) is 0 Å². The number of carbonyl (C=O) groups is 2. The fourth-order valence-electron chi connectivity index (χ4n) is 4.80. The number of hydrogen-bond donors (Lipinski definition) is 1.